The standard InChI is InChI=1S/C10H13ClO/c1-3-10(12)9-6-8(11)5-4-7(9)2/h4-6,10,12H,3H2,1-2H3/t10-/m1/s1. The van der Waals surface area contributed by atoms with E-state index in [1.807, 2.05) is 32.0 Å². The van der Waals surface area contributed by atoms with Crippen LogP contribution in [0.1, 0.15) is 30.6 Å². The van der Waals surface area contributed by atoms with E-state index >= 15 is 0 Å². The van der Waals surface area contributed by atoms with Crippen LogP contribution in [0.15, 0.2) is 18.2 Å². The fourth-order valence-electron chi connectivity index (χ4n) is 1.19. The Bertz CT molecular complexity index is 271. The highest BCUT2D eigenvalue weighted by Crippen LogP contribution is 2.23. The van der Waals surface area contributed by atoms with Crippen LogP contribution in [0.4, 0.5) is 0 Å². The summed E-state index contributed by atoms with van der Waals surface area (Å²) in [5.74, 6) is 0. The molecule has 1 aromatic rings. The van der Waals surface area contributed by atoms with Crippen molar-refractivity contribution < 1.29 is 5.11 Å². The Hall–Kier alpha value is -0.530. The van der Waals surface area contributed by atoms with Gasteiger partial charge in [0.05, 0.1) is 6.10 Å². The van der Waals surface area contributed by atoms with Crippen molar-refractivity contribution in [3.8, 4) is 0 Å². The van der Waals surface area contributed by atoms with Crippen molar-refractivity contribution in [2.24, 2.45) is 0 Å². The first kappa shape index (κ1) is 9.56. The molecule has 0 amide bonds. The van der Waals surface area contributed by atoms with E-state index in [1.165, 1.54) is 0 Å². The zero-order valence-electron chi connectivity index (χ0n) is 7.34. The Balaban J connectivity index is 3.04. The van der Waals surface area contributed by atoms with Gasteiger partial charge in [0.25, 0.3) is 0 Å². The Labute approximate surface area is 78.0 Å². The Morgan fingerprint density at radius 3 is 2.75 bits per heavy atom. The molecule has 0 radical (unpaired) electrons. The van der Waals surface area contributed by atoms with E-state index in [-0.39, 0.29) is 6.10 Å². The number of halogens is 1. The van der Waals surface area contributed by atoms with Crippen molar-refractivity contribution in [2.45, 2.75) is 26.4 Å². The second-order valence-corrected chi connectivity index (χ2v) is 3.36. The quantitative estimate of drug-likeness (QED) is 0.749. The summed E-state index contributed by atoms with van der Waals surface area (Å²) in [5, 5.41) is 10.3. The minimum absolute atomic E-state index is 0.385. The predicted octanol–water partition coefficient (Wildman–Crippen LogP) is 3.09. The summed E-state index contributed by atoms with van der Waals surface area (Å²) < 4.78 is 0. The van der Waals surface area contributed by atoms with E-state index in [1.54, 1.807) is 0 Å². The number of rotatable bonds is 2. The lowest BCUT2D eigenvalue weighted by Crippen LogP contribution is -1.97. The lowest BCUT2D eigenvalue weighted by atomic mass is 10.0. The Kier molecular flexibility index (Phi) is 3.12. The zero-order valence-corrected chi connectivity index (χ0v) is 8.10. The second-order valence-electron chi connectivity index (χ2n) is 2.92. The van der Waals surface area contributed by atoms with E-state index in [0.717, 1.165) is 17.5 Å². The topological polar surface area (TPSA) is 20.2 Å². The molecule has 0 bridgehead atoms. The summed E-state index contributed by atoms with van der Waals surface area (Å²) in [6.07, 6.45) is 0.338. The van der Waals surface area contributed by atoms with Crippen LogP contribution in [-0.4, -0.2) is 5.11 Å². The van der Waals surface area contributed by atoms with Gasteiger partial charge in [0, 0.05) is 5.02 Å². The summed E-state index contributed by atoms with van der Waals surface area (Å²) >= 11 is 5.81. The van der Waals surface area contributed by atoms with Crippen molar-refractivity contribution in [3.63, 3.8) is 0 Å². The minimum atomic E-state index is -0.385. The highest BCUT2D eigenvalue weighted by molar-refractivity contribution is 6.30. The molecule has 0 aliphatic rings. The van der Waals surface area contributed by atoms with Crippen molar-refractivity contribution in [1.82, 2.24) is 0 Å². The number of benzene rings is 1. The fourth-order valence-corrected chi connectivity index (χ4v) is 1.37. The zero-order chi connectivity index (χ0) is 9.14. The second kappa shape index (κ2) is 3.92. The van der Waals surface area contributed by atoms with Gasteiger partial charge < -0.3 is 5.11 Å². The van der Waals surface area contributed by atoms with Crippen LogP contribution >= 0.6 is 11.6 Å². The molecular formula is C10H13ClO. The first-order valence-corrected chi connectivity index (χ1v) is 4.47. The van der Waals surface area contributed by atoms with Crippen LogP contribution < -0.4 is 0 Å². The molecule has 1 atom stereocenters. The molecule has 2 heteroatoms. The lowest BCUT2D eigenvalue weighted by molar-refractivity contribution is 0.173. The van der Waals surface area contributed by atoms with Gasteiger partial charge in [-0.2, -0.15) is 0 Å². The molecular weight excluding hydrogens is 172 g/mol. The lowest BCUT2D eigenvalue weighted by Gasteiger charge is -2.11. The summed E-state index contributed by atoms with van der Waals surface area (Å²) in [5.41, 5.74) is 2.03. The van der Waals surface area contributed by atoms with Crippen molar-refractivity contribution >= 4 is 11.6 Å². The van der Waals surface area contributed by atoms with Crippen LogP contribution in [0.5, 0.6) is 0 Å². The molecule has 1 rings (SSSR count). The minimum Gasteiger partial charge on any atom is -0.388 e. The molecule has 0 heterocycles. The number of hydrogen-bond donors (Lipinski definition) is 1. The van der Waals surface area contributed by atoms with Crippen molar-refractivity contribution in [2.75, 3.05) is 0 Å². The highest BCUT2D eigenvalue weighted by Gasteiger charge is 2.07. The third-order valence-electron chi connectivity index (χ3n) is 1.99. The van der Waals surface area contributed by atoms with E-state index in [0.29, 0.717) is 5.02 Å². The van der Waals surface area contributed by atoms with Gasteiger partial charge in [-0.05, 0) is 36.6 Å². The summed E-state index contributed by atoms with van der Waals surface area (Å²) in [6.45, 7) is 3.93. The van der Waals surface area contributed by atoms with Gasteiger partial charge in [-0.1, -0.05) is 24.6 Å². The number of aliphatic hydroxyl groups is 1. The molecule has 0 aliphatic carbocycles. The van der Waals surface area contributed by atoms with Crippen LogP contribution in [0, 0.1) is 6.92 Å². The number of hydrogen-bond acceptors (Lipinski definition) is 1. The highest BCUT2D eigenvalue weighted by atomic mass is 35.5. The number of aryl methyl sites for hydroxylation is 1. The largest absolute Gasteiger partial charge is 0.388 e. The molecule has 0 spiro atoms. The maximum Gasteiger partial charge on any atom is 0.0790 e. The molecule has 0 saturated carbocycles. The fraction of sp³-hybridized carbons (Fsp3) is 0.400. The first-order valence-electron chi connectivity index (χ1n) is 4.09. The van der Waals surface area contributed by atoms with Crippen molar-refractivity contribution in [3.05, 3.63) is 34.3 Å². The SMILES string of the molecule is CC[C@@H](O)c1cc(Cl)ccc1C. The van der Waals surface area contributed by atoms with Gasteiger partial charge in [0.15, 0.2) is 0 Å². The summed E-state index contributed by atoms with van der Waals surface area (Å²) in [4.78, 5) is 0. The van der Waals surface area contributed by atoms with Gasteiger partial charge in [0.1, 0.15) is 0 Å². The molecule has 66 valence electrons. The van der Waals surface area contributed by atoms with E-state index in [2.05, 4.69) is 0 Å². The predicted molar refractivity (Wildman–Crippen MR) is 51.4 cm³/mol. The molecule has 0 aromatic heterocycles. The molecule has 0 aliphatic heterocycles. The van der Waals surface area contributed by atoms with Gasteiger partial charge >= 0.3 is 0 Å². The summed E-state index contributed by atoms with van der Waals surface area (Å²) in [6, 6.07) is 5.59. The van der Waals surface area contributed by atoms with Crippen LogP contribution in [0.2, 0.25) is 5.02 Å². The molecule has 0 unspecified atom stereocenters. The Morgan fingerprint density at radius 2 is 2.17 bits per heavy atom. The molecule has 12 heavy (non-hydrogen) atoms. The molecule has 0 saturated heterocycles. The normalized spacial score (nSPS) is 13.0. The average molecular weight is 185 g/mol. The van der Waals surface area contributed by atoms with Gasteiger partial charge in [0.2, 0.25) is 0 Å². The summed E-state index contributed by atoms with van der Waals surface area (Å²) in [7, 11) is 0. The maximum atomic E-state index is 9.58. The van der Waals surface area contributed by atoms with Gasteiger partial charge in [-0.25, -0.2) is 0 Å². The maximum absolute atomic E-state index is 9.58. The molecule has 1 aromatic carbocycles. The molecule has 1 N–H and O–H groups in total. The molecule has 0 fully saturated rings. The van der Waals surface area contributed by atoms with Gasteiger partial charge in [-0.15, -0.1) is 0 Å². The third-order valence-corrected chi connectivity index (χ3v) is 2.22. The number of aliphatic hydroxyl groups excluding tert-OH is 1. The van der Waals surface area contributed by atoms with Crippen LogP contribution in [0.3, 0.4) is 0 Å². The average Bonchev–Trinajstić information content (AvgIpc) is 2.08. The Morgan fingerprint density at radius 1 is 1.50 bits per heavy atom. The van der Waals surface area contributed by atoms with E-state index < -0.39 is 0 Å². The van der Waals surface area contributed by atoms with Gasteiger partial charge in [-0.3, -0.25) is 0 Å². The van der Waals surface area contributed by atoms with Crippen LogP contribution in [0.25, 0.3) is 0 Å². The van der Waals surface area contributed by atoms with Crippen molar-refractivity contribution in [1.29, 1.82) is 0 Å². The first-order chi connectivity index (χ1) is 5.65. The smallest absolute Gasteiger partial charge is 0.0790 e. The van der Waals surface area contributed by atoms with E-state index in [4.69, 9.17) is 11.6 Å². The monoisotopic (exact) mass is 184 g/mol. The van der Waals surface area contributed by atoms with E-state index in [9.17, 15) is 5.11 Å². The van der Waals surface area contributed by atoms with Crippen LogP contribution in [-0.2, 0) is 0 Å². The third kappa shape index (κ3) is 1.99. The molecule has 1 nitrogen and oxygen atoms in total.